The van der Waals surface area contributed by atoms with E-state index >= 15 is 0 Å². The van der Waals surface area contributed by atoms with E-state index in [-0.39, 0.29) is 17.4 Å². The van der Waals surface area contributed by atoms with Gasteiger partial charge >= 0.3 is 0 Å². The number of halogens is 1. The monoisotopic (exact) mass is 265 g/mol. The second-order valence-corrected chi connectivity index (χ2v) is 4.43. The molecule has 1 heterocycles. The van der Waals surface area contributed by atoms with Crippen LogP contribution in [0.3, 0.4) is 0 Å². The maximum atomic E-state index is 11.9. The van der Waals surface area contributed by atoms with Gasteiger partial charge in [0.25, 0.3) is 5.91 Å². The molecule has 1 fully saturated rings. The Hall–Kier alpha value is -1.88. The molecule has 3 N–H and O–H groups in total. The third kappa shape index (κ3) is 5.52. The van der Waals surface area contributed by atoms with Crippen LogP contribution in [0, 0.1) is 5.82 Å². The summed E-state index contributed by atoms with van der Waals surface area (Å²) in [4.78, 5) is 13.0. The van der Waals surface area contributed by atoms with Gasteiger partial charge in [0.2, 0.25) is 0 Å². The number of hydrogen-bond acceptors (Lipinski definition) is 3. The van der Waals surface area contributed by atoms with Crippen LogP contribution < -0.4 is 11.1 Å². The Morgan fingerprint density at radius 1 is 1.47 bits per heavy atom. The lowest BCUT2D eigenvalue weighted by molar-refractivity contribution is -0.128. The van der Waals surface area contributed by atoms with Crippen LogP contribution in [-0.2, 0) is 4.79 Å². The molecule has 4 nitrogen and oxygen atoms in total. The van der Waals surface area contributed by atoms with Crippen LogP contribution in [0.25, 0.3) is 0 Å². The van der Waals surface area contributed by atoms with Crippen molar-refractivity contribution in [1.29, 1.82) is 0 Å². The second kappa shape index (κ2) is 7.53. The number of amides is 1. The lowest BCUT2D eigenvalue weighted by Gasteiger charge is -2.31. The molecule has 19 heavy (non-hydrogen) atoms. The average molecular weight is 265 g/mol. The van der Waals surface area contributed by atoms with Crippen LogP contribution in [0.2, 0.25) is 0 Å². The number of benzene rings is 1. The number of carbonyl (C=O) groups is 1. The molecular formula is C14H20FN3O. The van der Waals surface area contributed by atoms with Crippen LogP contribution in [0.4, 0.5) is 4.39 Å². The van der Waals surface area contributed by atoms with Crippen LogP contribution in [0.1, 0.15) is 6.92 Å². The summed E-state index contributed by atoms with van der Waals surface area (Å²) in [5.41, 5.74) is 5.43. The summed E-state index contributed by atoms with van der Waals surface area (Å²) in [7, 11) is 0. The highest BCUT2D eigenvalue weighted by Gasteiger charge is 2.20. The number of nitrogens with one attached hydrogen (secondary N) is 1. The molecule has 0 bridgehead atoms. The standard InChI is InChI=1S/C8H15N3O.C6H5F/c1-6-5-11(4-3-10-6)8(12)7(2)9;7-6-4-2-1-3-5-6/h6,10H,2-5,9H2,1H3;1-5H. The van der Waals surface area contributed by atoms with E-state index in [0.717, 1.165) is 19.6 Å². The van der Waals surface area contributed by atoms with Gasteiger partial charge in [0.05, 0.1) is 5.70 Å². The van der Waals surface area contributed by atoms with Crippen molar-refractivity contribution in [2.75, 3.05) is 19.6 Å². The fourth-order valence-electron chi connectivity index (χ4n) is 1.73. The Morgan fingerprint density at radius 2 is 2.11 bits per heavy atom. The third-order valence-corrected chi connectivity index (χ3v) is 2.66. The van der Waals surface area contributed by atoms with E-state index in [1.807, 2.05) is 6.92 Å². The van der Waals surface area contributed by atoms with Crippen molar-refractivity contribution < 1.29 is 9.18 Å². The highest BCUT2D eigenvalue weighted by molar-refractivity contribution is 5.91. The van der Waals surface area contributed by atoms with Crippen molar-refractivity contribution in [2.24, 2.45) is 5.73 Å². The first-order chi connectivity index (χ1) is 9.00. The molecule has 1 aromatic rings. The largest absolute Gasteiger partial charge is 0.395 e. The van der Waals surface area contributed by atoms with E-state index in [4.69, 9.17) is 5.73 Å². The van der Waals surface area contributed by atoms with Gasteiger partial charge in [-0.05, 0) is 19.1 Å². The van der Waals surface area contributed by atoms with E-state index in [2.05, 4.69) is 11.9 Å². The zero-order valence-electron chi connectivity index (χ0n) is 11.1. The predicted octanol–water partition coefficient (Wildman–Crippen LogP) is 1.10. The van der Waals surface area contributed by atoms with Crippen LogP contribution in [-0.4, -0.2) is 36.5 Å². The van der Waals surface area contributed by atoms with Gasteiger partial charge in [0.15, 0.2) is 0 Å². The summed E-state index contributed by atoms with van der Waals surface area (Å²) in [6.45, 7) is 7.73. The summed E-state index contributed by atoms with van der Waals surface area (Å²) in [6.07, 6.45) is 0. The van der Waals surface area contributed by atoms with Gasteiger partial charge in [-0.3, -0.25) is 4.79 Å². The van der Waals surface area contributed by atoms with Gasteiger partial charge in [-0.25, -0.2) is 4.39 Å². The average Bonchev–Trinajstić information content (AvgIpc) is 2.39. The van der Waals surface area contributed by atoms with E-state index in [1.165, 1.54) is 12.1 Å². The Kier molecular flexibility index (Phi) is 6.02. The molecule has 104 valence electrons. The molecule has 2 rings (SSSR count). The van der Waals surface area contributed by atoms with E-state index in [9.17, 15) is 9.18 Å². The predicted molar refractivity (Wildman–Crippen MR) is 73.8 cm³/mol. The lowest BCUT2D eigenvalue weighted by Crippen LogP contribution is -2.52. The number of rotatable bonds is 1. The minimum absolute atomic E-state index is 0.129. The highest BCUT2D eigenvalue weighted by Crippen LogP contribution is 2.01. The number of piperazine rings is 1. The van der Waals surface area contributed by atoms with Gasteiger partial charge in [-0.15, -0.1) is 0 Å². The minimum Gasteiger partial charge on any atom is -0.395 e. The molecule has 0 aliphatic carbocycles. The number of hydrogen-bond donors (Lipinski definition) is 2. The maximum absolute atomic E-state index is 11.9. The molecule has 1 atom stereocenters. The minimum atomic E-state index is -0.178. The zero-order chi connectivity index (χ0) is 14.3. The van der Waals surface area contributed by atoms with Gasteiger partial charge in [-0.1, -0.05) is 24.8 Å². The summed E-state index contributed by atoms with van der Waals surface area (Å²) in [5, 5.41) is 3.24. The summed E-state index contributed by atoms with van der Waals surface area (Å²) in [5.74, 6) is -0.314. The van der Waals surface area contributed by atoms with E-state index in [0.29, 0.717) is 6.04 Å². The molecule has 0 aromatic heterocycles. The molecule has 1 aliphatic rings. The van der Waals surface area contributed by atoms with Crippen LogP contribution in [0.15, 0.2) is 42.6 Å². The Labute approximate surface area is 113 Å². The summed E-state index contributed by atoms with van der Waals surface area (Å²) >= 11 is 0. The smallest absolute Gasteiger partial charge is 0.269 e. The molecule has 0 saturated carbocycles. The Balaban J connectivity index is 0.000000218. The first kappa shape index (κ1) is 15.2. The molecular weight excluding hydrogens is 245 g/mol. The van der Waals surface area contributed by atoms with Crippen LogP contribution >= 0.6 is 0 Å². The van der Waals surface area contributed by atoms with Crippen molar-refractivity contribution in [2.45, 2.75) is 13.0 Å². The van der Waals surface area contributed by atoms with E-state index in [1.54, 1.807) is 23.1 Å². The first-order valence-corrected chi connectivity index (χ1v) is 6.18. The highest BCUT2D eigenvalue weighted by atomic mass is 19.1. The van der Waals surface area contributed by atoms with Crippen LogP contribution in [0.5, 0.6) is 0 Å². The molecule has 0 spiro atoms. The first-order valence-electron chi connectivity index (χ1n) is 6.18. The molecule has 1 amide bonds. The number of carbonyl (C=O) groups excluding carboxylic acids is 1. The van der Waals surface area contributed by atoms with Gasteiger partial charge in [-0.2, -0.15) is 0 Å². The second-order valence-electron chi connectivity index (χ2n) is 4.43. The van der Waals surface area contributed by atoms with Crippen molar-refractivity contribution >= 4 is 5.91 Å². The van der Waals surface area contributed by atoms with Crippen molar-refractivity contribution in [3.8, 4) is 0 Å². The third-order valence-electron chi connectivity index (χ3n) is 2.66. The SMILES string of the molecule is C=C(N)C(=O)N1CCNC(C)C1.Fc1ccccc1. The molecule has 1 saturated heterocycles. The fourth-order valence-corrected chi connectivity index (χ4v) is 1.73. The summed E-state index contributed by atoms with van der Waals surface area (Å²) < 4.78 is 11.9. The number of nitrogens with zero attached hydrogens (tertiary/aromatic N) is 1. The number of nitrogens with two attached hydrogens (primary N) is 1. The van der Waals surface area contributed by atoms with Crippen molar-refractivity contribution in [3.63, 3.8) is 0 Å². The molecule has 1 aliphatic heterocycles. The van der Waals surface area contributed by atoms with Gasteiger partial charge < -0.3 is 16.0 Å². The topological polar surface area (TPSA) is 58.4 Å². The van der Waals surface area contributed by atoms with Crippen molar-refractivity contribution in [3.05, 3.63) is 48.4 Å². The molecule has 5 heteroatoms. The summed E-state index contributed by atoms with van der Waals surface area (Å²) in [6, 6.07) is 8.29. The van der Waals surface area contributed by atoms with E-state index < -0.39 is 0 Å². The molecule has 0 radical (unpaired) electrons. The maximum Gasteiger partial charge on any atom is 0.269 e. The quantitative estimate of drug-likeness (QED) is 0.748. The normalized spacial score (nSPS) is 18.2. The molecule has 1 aromatic carbocycles. The zero-order valence-corrected chi connectivity index (χ0v) is 11.1. The van der Waals surface area contributed by atoms with Gasteiger partial charge in [0, 0.05) is 25.7 Å². The van der Waals surface area contributed by atoms with Gasteiger partial charge in [0.1, 0.15) is 5.82 Å². The lowest BCUT2D eigenvalue weighted by atomic mass is 10.2. The van der Waals surface area contributed by atoms with Crippen molar-refractivity contribution in [1.82, 2.24) is 10.2 Å². The fraction of sp³-hybridized carbons (Fsp3) is 0.357. The Morgan fingerprint density at radius 3 is 2.53 bits per heavy atom. The molecule has 1 unspecified atom stereocenters. The Bertz CT molecular complexity index is 422.